The number of carbonyl (C=O) groups is 1. The molecule has 1 atom stereocenters. The molecule has 5 nitrogen and oxygen atoms in total. The number of nitrogens with zero attached hydrogens (tertiary/aromatic N) is 2. The number of rotatable bonds is 1. The van der Waals surface area contributed by atoms with E-state index in [9.17, 15) is 4.79 Å². The van der Waals surface area contributed by atoms with Crippen molar-refractivity contribution in [1.82, 2.24) is 15.1 Å². The van der Waals surface area contributed by atoms with Gasteiger partial charge in [-0.05, 0) is 40.5 Å². The van der Waals surface area contributed by atoms with E-state index in [0.29, 0.717) is 12.5 Å². The lowest BCUT2D eigenvalue weighted by molar-refractivity contribution is 0.0136. The molecular formula is C16H25N3O2. The predicted octanol–water partition coefficient (Wildman–Crippen LogP) is 3.36. The van der Waals surface area contributed by atoms with E-state index in [2.05, 4.69) is 17.1 Å². The Morgan fingerprint density at radius 2 is 2.10 bits per heavy atom. The number of aromatic amines is 1. The Morgan fingerprint density at radius 3 is 2.67 bits per heavy atom. The van der Waals surface area contributed by atoms with Crippen LogP contribution in [0.5, 0.6) is 0 Å². The minimum atomic E-state index is -0.454. The smallest absolute Gasteiger partial charge is 0.410 e. The summed E-state index contributed by atoms with van der Waals surface area (Å²) in [5.41, 5.74) is 3.15. The number of hydrogen-bond acceptors (Lipinski definition) is 3. The van der Waals surface area contributed by atoms with E-state index in [4.69, 9.17) is 4.74 Å². The van der Waals surface area contributed by atoms with Crippen molar-refractivity contribution in [1.29, 1.82) is 0 Å². The number of ether oxygens (including phenoxy) is 1. The van der Waals surface area contributed by atoms with Crippen LogP contribution < -0.4 is 0 Å². The fraction of sp³-hybridized carbons (Fsp3) is 0.750. The van der Waals surface area contributed by atoms with Crippen LogP contribution >= 0.6 is 0 Å². The molecule has 116 valence electrons. The van der Waals surface area contributed by atoms with Crippen LogP contribution in [0.3, 0.4) is 0 Å². The zero-order valence-corrected chi connectivity index (χ0v) is 13.4. The van der Waals surface area contributed by atoms with Crippen LogP contribution in [0.15, 0.2) is 0 Å². The second-order valence-electron chi connectivity index (χ2n) is 7.36. The molecule has 0 saturated heterocycles. The van der Waals surface area contributed by atoms with Crippen molar-refractivity contribution >= 4 is 6.09 Å². The summed E-state index contributed by atoms with van der Waals surface area (Å²) >= 11 is 0. The molecule has 1 unspecified atom stereocenters. The Kier molecular flexibility index (Phi) is 3.46. The maximum Gasteiger partial charge on any atom is 0.410 e. The Morgan fingerprint density at radius 1 is 1.38 bits per heavy atom. The van der Waals surface area contributed by atoms with Gasteiger partial charge in [0.05, 0.1) is 12.2 Å². The zero-order chi connectivity index (χ0) is 15.2. The summed E-state index contributed by atoms with van der Waals surface area (Å²) < 4.78 is 5.54. The van der Waals surface area contributed by atoms with Gasteiger partial charge in [-0.1, -0.05) is 6.42 Å². The summed E-state index contributed by atoms with van der Waals surface area (Å²) in [4.78, 5) is 14.2. The molecule has 0 bridgehead atoms. The standard InChI is InChI=1S/C16H25N3O2/c1-10-8-13-12(14(18-17-13)11-6-5-7-11)9-19(10)15(20)21-16(2,3)4/h10-11H,5-9H2,1-4H3,(H,17,18). The lowest BCUT2D eigenvalue weighted by Crippen LogP contribution is -2.45. The summed E-state index contributed by atoms with van der Waals surface area (Å²) in [6.07, 6.45) is 4.34. The Labute approximate surface area is 126 Å². The van der Waals surface area contributed by atoms with Crippen molar-refractivity contribution in [3.05, 3.63) is 17.0 Å². The van der Waals surface area contributed by atoms with E-state index < -0.39 is 5.60 Å². The van der Waals surface area contributed by atoms with Crippen LogP contribution in [0.1, 0.15) is 69.8 Å². The van der Waals surface area contributed by atoms with Crippen LogP contribution in [-0.4, -0.2) is 32.8 Å². The first kappa shape index (κ1) is 14.4. The highest BCUT2D eigenvalue weighted by molar-refractivity contribution is 5.69. The molecule has 3 rings (SSSR count). The van der Waals surface area contributed by atoms with Gasteiger partial charge in [-0.25, -0.2) is 4.79 Å². The minimum absolute atomic E-state index is 0.141. The van der Waals surface area contributed by atoms with Crippen molar-refractivity contribution in [3.8, 4) is 0 Å². The van der Waals surface area contributed by atoms with Gasteiger partial charge in [0.25, 0.3) is 0 Å². The van der Waals surface area contributed by atoms with Gasteiger partial charge in [-0.3, -0.25) is 5.10 Å². The van der Waals surface area contributed by atoms with Gasteiger partial charge < -0.3 is 9.64 Å². The first-order chi connectivity index (χ1) is 9.85. The SMILES string of the molecule is CC1Cc2[nH]nc(C3CCC3)c2CN1C(=O)OC(C)(C)C. The van der Waals surface area contributed by atoms with Gasteiger partial charge in [0.15, 0.2) is 0 Å². The second-order valence-corrected chi connectivity index (χ2v) is 7.36. The number of H-pyrrole nitrogens is 1. The van der Waals surface area contributed by atoms with Crippen LogP contribution in [0.4, 0.5) is 4.79 Å². The van der Waals surface area contributed by atoms with Crippen LogP contribution in [-0.2, 0) is 17.7 Å². The van der Waals surface area contributed by atoms with Gasteiger partial charge in [0.1, 0.15) is 5.60 Å². The van der Waals surface area contributed by atoms with Gasteiger partial charge in [-0.15, -0.1) is 0 Å². The maximum absolute atomic E-state index is 12.4. The summed E-state index contributed by atoms with van der Waals surface area (Å²) in [6, 6.07) is 0.141. The molecule has 1 amide bonds. The highest BCUT2D eigenvalue weighted by Gasteiger charge is 2.35. The van der Waals surface area contributed by atoms with Crippen molar-refractivity contribution < 1.29 is 9.53 Å². The van der Waals surface area contributed by atoms with E-state index in [-0.39, 0.29) is 12.1 Å². The van der Waals surface area contributed by atoms with Crippen molar-refractivity contribution in [2.24, 2.45) is 0 Å². The number of nitrogens with one attached hydrogen (secondary N) is 1. The summed E-state index contributed by atoms with van der Waals surface area (Å²) in [7, 11) is 0. The molecule has 2 aliphatic rings. The third-order valence-corrected chi connectivity index (χ3v) is 4.46. The molecule has 2 heterocycles. The quantitative estimate of drug-likeness (QED) is 0.863. The molecule has 1 aliphatic carbocycles. The van der Waals surface area contributed by atoms with Crippen LogP contribution in [0.25, 0.3) is 0 Å². The monoisotopic (exact) mass is 291 g/mol. The average molecular weight is 291 g/mol. The van der Waals surface area contributed by atoms with Crippen molar-refractivity contribution in [2.75, 3.05) is 0 Å². The third kappa shape index (κ3) is 2.78. The number of carbonyl (C=O) groups excluding carboxylic acids is 1. The molecule has 1 saturated carbocycles. The van der Waals surface area contributed by atoms with Gasteiger partial charge in [0.2, 0.25) is 0 Å². The fourth-order valence-corrected chi connectivity index (χ4v) is 3.08. The molecule has 1 aromatic heterocycles. The lowest BCUT2D eigenvalue weighted by atomic mass is 9.80. The first-order valence-corrected chi connectivity index (χ1v) is 7.91. The van der Waals surface area contributed by atoms with E-state index in [1.165, 1.54) is 36.2 Å². The highest BCUT2D eigenvalue weighted by atomic mass is 16.6. The normalized spacial score (nSPS) is 22.7. The van der Waals surface area contributed by atoms with Gasteiger partial charge in [0, 0.05) is 29.6 Å². The first-order valence-electron chi connectivity index (χ1n) is 7.91. The van der Waals surface area contributed by atoms with Crippen molar-refractivity contribution in [3.63, 3.8) is 0 Å². The van der Waals surface area contributed by atoms with Crippen LogP contribution in [0, 0.1) is 0 Å². The van der Waals surface area contributed by atoms with Crippen LogP contribution in [0.2, 0.25) is 0 Å². The molecule has 1 fully saturated rings. The molecule has 0 aromatic carbocycles. The maximum atomic E-state index is 12.4. The molecule has 21 heavy (non-hydrogen) atoms. The summed E-state index contributed by atoms with van der Waals surface area (Å²) in [6.45, 7) is 8.40. The van der Waals surface area contributed by atoms with E-state index in [0.717, 1.165) is 6.42 Å². The van der Waals surface area contributed by atoms with Crippen molar-refractivity contribution in [2.45, 2.75) is 77.5 Å². The van der Waals surface area contributed by atoms with E-state index in [1.54, 1.807) is 0 Å². The molecule has 0 spiro atoms. The Hall–Kier alpha value is -1.52. The second kappa shape index (κ2) is 5.04. The summed E-state index contributed by atoms with van der Waals surface area (Å²) in [5, 5.41) is 7.70. The molecule has 1 N–H and O–H groups in total. The predicted molar refractivity (Wildman–Crippen MR) is 80.1 cm³/mol. The highest BCUT2D eigenvalue weighted by Crippen LogP contribution is 2.39. The summed E-state index contributed by atoms with van der Waals surface area (Å²) in [5.74, 6) is 0.582. The number of hydrogen-bond donors (Lipinski definition) is 1. The zero-order valence-electron chi connectivity index (χ0n) is 13.4. The Bertz CT molecular complexity index is 540. The molecule has 1 aromatic rings. The molecule has 0 radical (unpaired) electrons. The van der Waals surface area contributed by atoms with E-state index in [1.807, 2.05) is 25.7 Å². The van der Waals surface area contributed by atoms with E-state index >= 15 is 0 Å². The Balaban J connectivity index is 1.80. The van der Waals surface area contributed by atoms with Gasteiger partial charge >= 0.3 is 6.09 Å². The number of fused-ring (bicyclic) bond motifs is 1. The average Bonchev–Trinajstić information content (AvgIpc) is 2.66. The molecule has 5 heteroatoms. The minimum Gasteiger partial charge on any atom is -0.444 e. The number of amides is 1. The largest absolute Gasteiger partial charge is 0.444 e. The van der Waals surface area contributed by atoms with Gasteiger partial charge in [-0.2, -0.15) is 5.10 Å². The molecule has 1 aliphatic heterocycles. The topological polar surface area (TPSA) is 58.2 Å². The number of aromatic nitrogens is 2. The molecular weight excluding hydrogens is 266 g/mol. The third-order valence-electron chi connectivity index (χ3n) is 4.46. The lowest BCUT2D eigenvalue weighted by Gasteiger charge is -2.35. The fourth-order valence-electron chi connectivity index (χ4n) is 3.08.